The van der Waals surface area contributed by atoms with Crippen LogP contribution in [0, 0.1) is 0 Å². The number of nitrogens with zero attached hydrogens (tertiary/aromatic N) is 2. The number of hydrogen-bond acceptors (Lipinski definition) is 4. The highest BCUT2D eigenvalue weighted by Gasteiger charge is 2.47. The standard InChI is InChI=1S/C17H20N2O3/c1-2-22-17(21)18-9-8-15-16(18)10-14(12-20)19(15)11-13-6-4-3-5-7-13/h3-7,15-16H,2,8-11H2,1H3. The lowest BCUT2D eigenvalue weighted by Gasteiger charge is -2.26. The molecule has 2 fully saturated rings. The second-order valence-electron chi connectivity index (χ2n) is 5.68. The van der Waals surface area contributed by atoms with E-state index in [-0.39, 0.29) is 18.2 Å². The minimum absolute atomic E-state index is 0.0270. The molecular weight excluding hydrogens is 280 g/mol. The molecule has 22 heavy (non-hydrogen) atoms. The van der Waals surface area contributed by atoms with Gasteiger partial charge < -0.3 is 14.5 Å². The number of rotatable bonds is 3. The van der Waals surface area contributed by atoms with Crippen LogP contribution in [0.5, 0.6) is 0 Å². The molecule has 2 aliphatic rings. The van der Waals surface area contributed by atoms with Gasteiger partial charge in [-0.05, 0) is 18.9 Å². The second kappa shape index (κ2) is 6.24. The fourth-order valence-electron chi connectivity index (χ4n) is 3.49. The molecule has 1 aromatic rings. The molecule has 3 rings (SSSR count). The van der Waals surface area contributed by atoms with Crippen molar-refractivity contribution >= 4 is 12.0 Å². The predicted molar refractivity (Wildman–Crippen MR) is 81.7 cm³/mol. The van der Waals surface area contributed by atoms with Gasteiger partial charge in [0, 0.05) is 19.5 Å². The lowest BCUT2D eigenvalue weighted by Crippen LogP contribution is -2.39. The quantitative estimate of drug-likeness (QED) is 0.803. The molecule has 116 valence electrons. The molecule has 0 aliphatic carbocycles. The molecule has 0 radical (unpaired) electrons. The minimum Gasteiger partial charge on any atom is -0.450 e. The Hall–Kier alpha value is -2.26. The highest BCUT2D eigenvalue weighted by molar-refractivity contribution is 5.69. The number of fused-ring (bicyclic) bond motifs is 1. The van der Waals surface area contributed by atoms with Crippen molar-refractivity contribution < 1.29 is 14.3 Å². The number of ether oxygens (including phenoxy) is 1. The van der Waals surface area contributed by atoms with Gasteiger partial charge in [0.2, 0.25) is 0 Å². The molecule has 5 heteroatoms. The lowest BCUT2D eigenvalue weighted by atomic mass is 10.1. The molecule has 0 saturated carbocycles. The fourth-order valence-corrected chi connectivity index (χ4v) is 3.49. The maximum absolute atomic E-state index is 12.0. The number of hydrogen-bond donors (Lipinski definition) is 0. The van der Waals surface area contributed by atoms with Crippen molar-refractivity contribution in [3.8, 4) is 0 Å². The number of benzene rings is 1. The average Bonchev–Trinajstić information content (AvgIpc) is 3.08. The maximum Gasteiger partial charge on any atom is 0.410 e. The number of carbonyl (C=O) groups is 1. The van der Waals surface area contributed by atoms with Gasteiger partial charge in [0.25, 0.3) is 0 Å². The lowest BCUT2D eigenvalue weighted by molar-refractivity contribution is 0.101. The molecule has 2 saturated heterocycles. The van der Waals surface area contributed by atoms with Gasteiger partial charge in [-0.15, -0.1) is 0 Å². The number of likely N-dealkylation sites (tertiary alicyclic amines) is 2. The van der Waals surface area contributed by atoms with E-state index in [4.69, 9.17) is 4.74 Å². The van der Waals surface area contributed by atoms with Gasteiger partial charge in [0.15, 0.2) is 0 Å². The zero-order chi connectivity index (χ0) is 15.5. The van der Waals surface area contributed by atoms with E-state index in [1.54, 1.807) is 11.8 Å². The van der Waals surface area contributed by atoms with Gasteiger partial charge in [-0.3, -0.25) is 0 Å². The zero-order valence-electron chi connectivity index (χ0n) is 12.7. The number of amides is 1. The Labute approximate surface area is 130 Å². The summed E-state index contributed by atoms with van der Waals surface area (Å²) in [5.41, 5.74) is 1.82. The van der Waals surface area contributed by atoms with Crippen molar-refractivity contribution in [2.45, 2.75) is 38.4 Å². The van der Waals surface area contributed by atoms with Gasteiger partial charge >= 0.3 is 6.09 Å². The molecule has 5 nitrogen and oxygen atoms in total. The van der Waals surface area contributed by atoms with E-state index in [1.165, 1.54) is 0 Å². The summed E-state index contributed by atoms with van der Waals surface area (Å²) in [6.45, 7) is 3.55. The Balaban J connectivity index is 1.78. The van der Waals surface area contributed by atoms with Gasteiger partial charge in [-0.1, -0.05) is 30.3 Å². The van der Waals surface area contributed by atoms with Crippen LogP contribution in [-0.2, 0) is 16.1 Å². The molecule has 1 aromatic carbocycles. The number of carbonyl (C=O) groups excluding carboxylic acids is 2. The minimum atomic E-state index is -0.276. The summed E-state index contributed by atoms with van der Waals surface area (Å²) in [6.07, 6.45) is 1.16. The molecule has 2 unspecified atom stereocenters. The summed E-state index contributed by atoms with van der Waals surface area (Å²) in [4.78, 5) is 27.2. The Kier molecular flexibility index (Phi) is 4.16. The van der Waals surface area contributed by atoms with Gasteiger partial charge in [-0.25, -0.2) is 9.59 Å². The van der Waals surface area contributed by atoms with Crippen LogP contribution in [0.4, 0.5) is 4.79 Å². The first-order chi connectivity index (χ1) is 10.7. The summed E-state index contributed by atoms with van der Waals surface area (Å²) >= 11 is 0. The van der Waals surface area contributed by atoms with E-state index >= 15 is 0 Å². The van der Waals surface area contributed by atoms with E-state index in [2.05, 4.69) is 10.8 Å². The van der Waals surface area contributed by atoms with Crippen LogP contribution in [0.3, 0.4) is 0 Å². The van der Waals surface area contributed by atoms with Crippen LogP contribution >= 0.6 is 0 Å². The van der Waals surface area contributed by atoms with Crippen LogP contribution in [0.2, 0.25) is 0 Å². The van der Waals surface area contributed by atoms with Crippen molar-refractivity contribution in [3.05, 3.63) is 41.6 Å². The van der Waals surface area contributed by atoms with Crippen molar-refractivity contribution in [3.63, 3.8) is 0 Å². The van der Waals surface area contributed by atoms with E-state index in [0.29, 0.717) is 31.8 Å². The molecule has 0 N–H and O–H groups in total. The first-order valence-electron chi connectivity index (χ1n) is 7.72. The summed E-state index contributed by atoms with van der Waals surface area (Å²) in [5.74, 6) is 2.07. The normalized spacial score (nSPS) is 23.4. The molecule has 0 aromatic heterocycles. The third-order valence-corrected chi connectivity index (χ3v) is 4.48. The monoisotopic (exact) mass is 300 g/mol. The van der Waals surface area contributed by atoms with Crippen LogP contribution < -0.4 is 0 Å². The van der Waals surface area contributed by atoms with Gasteiger partial charge in [-0.2, -0.15) is 0 Å². The van der Waals surface area contributed by atoms with Crippen LogP contribution in [0.1, 0.15) is 25.3 Å². The van der Waals surface area contributed by atoms with E-state index in [0.717, 1.165) is 12.0 Å². The highest BCUT2D eigenvalue weighted by Crippen LogP contribution is 2.37. The van der Waals surface area contributed by atoms with Gasteiger partial charge in [0.05, 0.1) is 18.7 Å². The van der Waals surface area contributed by atoms with Crippen molar-refractivity contribution in [2.75, 3.05) is 13.2 Å². The smallest absolute Gasteiger partial charge is 0.410 e. The Morgan fingerprint density at radius 1 is 1.32 bits per heavy atom. The largest absolute Gasteiger partial charge is 0.450 e. The van der Waals surface area contributed by atoms with E-state index < -0.39 is 0 Å². The van der Waals surface area contributed by atoms with Crippen LogP contribution in [0.15, 0.2) is 36.0 Å². The Bertz CT molecular complexity index is 595. The first kappa shape index (κ1) is 14.7. The van der Waals surface area contributed by atoms with E-state index in [1.807, 2.05) is 30.3 Å². The average molecular weight is 300 g/mol. The highest BCUT2D eigenvalue weighted by atomic mass is 16.6. The topological polar surface area (TPSA) is 49.9 Å². The van der Waals surface area contributed by atoms with Crippen molar-refractivity contribution in [1.82, 2.24) is 9.80 Å². The third-order valence-electron chi connectivity index (χ3n) is 4.48. The summed E-state index contributed by atoms with van der Waals surface area (Å²) in [6, 6.07) is 10.3. The molecular formula is C17H20N2O3. The summed E-state index contributed by atoms with van der Waals surface area (Å²) in [7, 11) is 0. The Morgan fingerprint density at radius 3 is 2.77 bits per heavy atom. The molecule has 0 spiro atoms. The molecule has 2 aliphatic heterocycles. The maximum atomic E-state index is 12.0. The van der Waals surface area contributed by atoms with Gasteiger partial charge in [0.1, 0.15) is 11.6 Å². The third kappa shape index (κ3) is 2.60. The molecule has 2 heterocycles. The second-order valence-corrected chi connectivity index (χ2v) is 5.68. The van der Waals surface area contributed by atoms with Crippen LogP contribution in [-0.4, -0.2) is 47.1 Å². The van der Waals surface area contributed by atoms with E-state index in [9.17, 15) is 9.59 Å². The zero-order valence-corrected chi connectivity index (χ0v) is 12.7. The Morgan fingerprint density at radius 2 is 2.09 bits per heavy atom. The molecule has 2 atom stereocenters. The molecule has 0 bridgehead atoms. The molecule has 1 amide bonds. The summed E-state index contributed by atoms with van der Waals surface area (Å²) < 4.78 is 5.12. The predicted octanol–water partition coefficient (Wildman–Crippen LogP) is 2.21. The SMILES string of the molecule is CCOC(=O)N1CCC2C1CC(=C=O)N2Cc1ccccc1. The fraction of sp³-hybridized carbons (Fsp3) is 0.471. The van der Waals surface area contributed by atoms with Crippen molar-refractivity contribution in [2.24, 2.45) is 0 Å². The summed E-state index contributed by atoms with van der Waals surface area (Å²) in [5, 5.41) is 0. The van der Waals surface area contributed by atoms with Crippen LogP contribution in [0.25, 0.3) is 0 Å². The first-order valence-corrected chi connectivity index (χ1v) is 7.72. The van der Waals surface area contributed by atoms with Crippen molar-refractivity contribution in [1.29, 1.82) is 0 Å².